The normalized spacial score (nSPS) is 10.5. The number of hydrogen-bond acceptors (Lipinski definition) is 5. The lowest BCUT2D eigenvalue weighted by Crippen LogP contribution is -3.61. The maximum atomic E-state index is 10.5. The Morgan fingerprint density at radius 1 is 1.15 bits per heavy atom. The highest BCUT2D eigenvalue weighted by Crippen LogP contribution is 2.22. The van der Waals surface area contributed by atoms with Crippen molar-refractivity contribution in [2.45, 2.75) is 12.8 Å². The Morgan fingerprint density at radius 3 is 2.15 bits per heavy atom. The highest BCUT2D eigenvalue weighted by Gasteiger charge is 2.29. The lowest BCUT2D eigenvalue weighted by Gasteiger charge is -2.07. The monoisotopic (exact) mass is 484 g/mol. The van der Waals surface area contributed by atoms with E-state index in [9.17, 15) is 18.3 Å². The molecular weight excluding hydrogens is 468 g/mol. The number of carbonyl (C=O) groups excluding carboxylic acids is 1. The summed E-state index contributed by atoms with van der Waals surface area (Å²) in [6, 6.07) is 14.0. The first-order valence-corrected chi connectivity index (χ1v) is 9.22. The quantitative estimate of drug-likeness (QED) is 0.530. The number of methoxy groups -OCH3 is 2. The van der Waals surface area contributed by atoms with Gasteiger partial charge in [0.2, 0.25) is 3.57 Å². The molecule has 26 heavy (non-hydrogen) atoms. The van der Waals surface area contributed by atoms with E-state index in [0.717, 1.165) is 14.9 Å². The maximum absolute atomic E-state index is 10.5. The van der Waals surface area contributed by atoms with Gasteiger partial charge in [0.05, 0.1) is 20.8 Å². The zero-order valence-corrected chi connectivity index (χ0v) is 16.0. The highest BCUT2D eigenvalue weighted by molar-refractivity contribution is 5.70. The van der Waals surface area contributed by atoms with E-state index in [1.165, 1.54) is 3.57 Å². The predicted molar refractivity (Wildman–Crippen MR) is 80.4 cm³/mol. The number of carboxylic acids is 1. The zero-order chi connectivity index (χ0) is 19.7. The van der Waals surface area contributed by atoms with Crippen LogP contribution in [0.5, 0.6) is 11.5 Å². The molecule has 0 atom stereocenters. The molecule has 2 rings (SSSR count). The fourth-order valence-electron chi connectivity index (χ4n) is 1.70. The Morgan fingerprint density at radius 2 is 1.73 bits per heavy atom. The van der Waals surface area contributed by atoms with Crippen LogP contribution in [0, 0.1) is 7.14 Å². The van der Waals surface area contributed by atoms with Crippen LogP contribution >= 0.6 is 0 Å². The van der Waals surface area contributed by atoms with E-state index in [0.29, 0.717) is 5.75 Å². The summed E-state index contributed by atoms with van der Waals surface area (Å²) in [5.41, 5.74) is 0.882. The third-order valence-electron chi connectivity index (χ3n) is 2.88. The molecule has 0 saturated carbocycles. The summed E-state index contributed by atoms with van der Waals surface area (Å²) >= 11 is -0.386. The van der Waals surface area contributed by atoms with Crippen molar-refractivity contribution in [1.29, 1.82) is 0 Å². The Kier molecular flexibility index (Phi) is 8.66. The van der Waals surface area contributed by atoms with Crippen molar-refractivity contribution in [2.24, 2.45) is 0 Å². The second kappa shape index (κ2) is 10.2. The molecule has 0 unspecified atom stereocenters. The molecule has 0 radical (unpaired) electrons. The Labute approximate surface area is 158 Å². The van der Waals surface area contributed by atoms with Gasteiger partial charge in [0, 0.05) is 11.6 Å². The molecule has 0 spiro atoms. The molecule has 0 aromatic heterocycles. The number of carbonyl (C=O) groups is 1. The smallest absolute Gasteiger partial charge is 0.430 e. The van der Waals surface area contributed by atoms with Gasteiger partial charge in [-0.2, -0.15) is 13.2 Å². The first-order valence-electron chi connectivity index (χ1n) is 7.06. The van der Waals surface area contributed by atoms with E-state index in [4.69, 9.17) is 19.4 Å². The summed E-state index contributed by atoms with van der Waals surface area (Å²) < 4.78 is 44.6. The number of hydrogen-bond donors (Lipinski definition) is 1. The molecule has 0 heterocycles. The minimum Gasteiger partial charge on any atom is -0.542 e. The number of benzene rings is 2. The molecule has 2 aromatic carbocycles. The summed E-state index contributed by atoms with van der Waals surface area (Å²) in [6.45, 7) is -0.00452. The molecule has 9 heteroatoms. The molecule has 142 valence electrons. The molecule has 0 fully saturated rings. The van der Waals surface area contributed by atoms with Crippen molar-refractivity contribution in [1.82, 2.24) is 0 Å². The number of ether oxygens (including phenoxy) is 2. The molecular formula is C17H16F3IO5. The van der Waals surface area contributed by atoms with E-state index in [2.05, 4.69) is 12.1 Å². The van der Waals surface area contributed by atoms with Gasteiger partial charge in [-0.3, -0.25) is 0 Å². The Hall–Kier alpha value is -2.01. The fourth-order valence-corrected chi connectivity index (χ4v) is 4.42. The largest absolute Gasteiger partial charge is 0.542 e. The average molecular weight is 484 g/mol. The molecule has 0 amide bonds. The van der Waals surface area contributed by atoms with Gasteiger partial charge in [0.25, 0.3) is 0 Å². The molecule has 1 N–H and O–H groups in total. The van der Waals surface area contributed by atoms with Crippen LogP contribution in [0.25, 0.3) is 0 Å². The molecule has 0 aliphatic heterocycles. The van der Waals surface area contributed by atoms with Crippen LogP contribution in [-0.2, 0) is 11.4 Å². The van der Waals surface area contributed by atoms with Gasteiger partial charge in [-0.05, 0) is 18.2 Å². The summed E-state index contributed by atoms with van der Waals surface area (Å²) in [6.07, 6.45) is -5.19. The first kappa shape index (κ1) is 22.0. The summed E-state index contributed by atoms with van der Waals surface area (Å²) in [5, 5.41) is 18.3. The molecule has 2 aromatic rings. The molecule has 0 saturated heterocycles. The number of carboxylic acid groups (broad SMARTS) is 1. The lowest BCUT2D eigenvalue weighted by molar-refractivity contribution is -0.599. The van der Waals surface area contributed by atoms with Crippen molar-refractivity contribution < 1.29 is 58.9 Å². The second-order valence-electron chi connectivity index (χ2n) is 4.64. The van der Waals surface area contributed by atoms with Gasteiger partial charge in [-0.25, -0.2) is 0 Å². The van der Waals surface area contributed by atoms with Crippen LogP contribution in [0.4, 0.5) is 13.2 Å². The standard InChI is InChI=1S/C15H16IO3.C2HF3O2/c1-18-13-8-11(10-17)15(14(9-13)19-2)16-12-6-4-3-5-7-12;3-2(4,5)1(6)7/h3-9,17H,10H2,1-2H3;(H,6,7)/q+1;/p-1. The first-order chi connectivity index (χ1) is 12.2. The van der Waals surface area contributed by atoms with Crippen molar-refractivity contribution in [3.8, 4) is 11.5 Å². The topological polar surface area (TPSA) is 78.8 Å². The zero-order valence-electron chi connectivity index (χ0n) is 13.8. The molecule has 0 aliphatic rings. The van der Waals surface area contributed by atoms with E-state index in [-0.39, 0.29) is 27.8 Å². The van der Waals surface area contributed by atoms with Crippen molar-refractivity contribution in [2.75, 3.05) is 14.2 Å². The van der Waals surface area contributed by atoms with Crippen molar-refractivity contribution >= 4 is 5.97 Å². The predicted octanol–water partition coefficient (Wildman–Crippen LogP) is -1.38. The van der Waals surface area contributed by atoms with E-state index >= 15 is 0 Å². The van der Waals surface area contributed by atoms with Crippen LogP contribution in [0.15, 0.2) is 42.5 Å². The van der Waals surface area contributed by atoms with Crippen molar-refractivity contribution in [3.63, 3.8) is 0 Å². The van der Waals surface area contributed by atoms with Gasteiger partial charge >= 0.3 is 27.4 Å². The van der Waals surface area contributed by atoms with Crippen LogP contribution < -0.4 is 35.8 Å². The van der Waals surface area contributed by atoms with E-state index in [1.807, 2.05) is 30.3 Å². The number of alkyl halides is 3. The Balaban J connectivity index is 0.000000412. The second-order valence-corrected chi connectivity index (χ2v) is 7.50. The van der Waals surface area contributed by atoms with E-state index < -0.39 is 12.1 Å². The number of aliphatic hydroxyl groups excluding tert-OH is 1. The SMILES string of the molecule is COc1cc(CO)c([I+]c2ccccc2)c(OC)c1.O=C([O-])C(F)(F)F. The summed E-state index contributed by atoms with van der Waals surface area (Å²) in [7, 11) is 3.26. The number of halogens is 4. The number of rotatable bonds is 5. The van der Waals surface area contributed by atoms with Gasteiger partial charge in [-0.15, -0.1) is 0 Å². The van der Waals surface area contributed by atoms with Crippen LogP contribution in [-0.4, -0.2) is 31.5 Å². The minimum atomic E-state index is -5.19. The third kappa shape index (κ3) is 6.71. The van der Waals surface area contributed by atoms with Crippen LogP contribution in [0.1, 0.15) is 5.56 Å². The minimum absolute atomic E-state index is 0.00452. The van der Waals surface area contributed by atoms with Gasteiger partial charge in [0.1, 0.15) is 11.7 Å². The summed E-state index contributed by atoms with van der Waals surface area (Å²) in [5.74, 6) is -1.51. The Bertz CT molecular complexity index is 695. The van der Waals surface area contributed by atoms with Gasteiger partial charge in [0.15, 0.2) is 9.32 Å². The van der Waals surface area contributed by atoms with Crippen molar-refractivity contribution in [3.05, 3.63) is 55.2 Å². The van der Waals surface area contributed by atoms with Crippen LogP contribution in [0.2, 0.25) is 0 Å². The number of aliphatic hydroxyl groups is 1. The molecule has 0 aliphatic carbocycles. The van der Waals surface area contributed by atoms with Gasteiger partial charge in [-0.1, -0.05) is 18.2 Å². The summed E-state index contributed by atoms with van der Waals surface area (Å²) in [4.78, 5) is 8.78. The van der Waals surface area contributed by atoms with Gasteiger partial charge < -0.3 is 24.5 Å². The molecule has 5 nitrogen and oxygen atoms in total. The lowest BCUT2D eigenvalue weighted by atomic mass is 10.2. The maximum Gasteiger partial charge on any atom is 0.430 e. The van der Waals surface area contributed by atoms with E-state index in [1.54, 1.807) is 14.2 Å². The highest BCUT2D eigenvalue weighted by atomic mass is 127. The molecule has 0 bridgehead atoms. The number of aliphatic carboxylic acids is 1. The average Bonchev–Trinajstić information content (AvgIpc) is 2.62. The fraction of sp³-hybridized carbons (Fsp3) is 0.235. The third-order valence-corrected chi connectivity index (χ3v) is 5.99. The van der Waals surface area contributed by atoms with Crippen LogP contribution in [0.3, 0.4) is 0 Å².